The number of hydrogen-bond donors (Lipinski definition) is 0. The lowest BCUT2D eigenvalue weighted by atomic mass is 10.0. The number of halogens is 1. The van der Waals surface area contributed by atoms with Crippen LogP contribution in [-0.4, -0.2) is 40.2 Å². The molecule has 5 nitrogen and oxygen atoms in total. The van der Waals surface area contributed by atoms with Crippen molar-refractivity contribution in [1.29, 1.82) is 0 Å². The average Bonchev–Trinajstić information content (AvgIpc) is 3.12. The van der Waals surface area contributed by atoms with E-state index in [1.165, 1.54) is 18.0 Å². The lowest BCUT2D eigenvalue weighted by molar-refractivity contribution is 0.0728. The summed E-state index contributed by atoms with van der Waals surface area (Å²) in [6.07, 6.45) is 5.26. The number of hydrogen-bond acceptors (Lipinski definition) is 5. The molecule has 25 heavy (non-hydrogen) atoms. The zero-order chi connectivity index (χ0) is 17.8. The molecule has 0 spiro atoms. The quantitative estimate of drug-likeness (QED) is 0.576. The number of ether oxygens (including phenoxy) is 1. The number of rotatable bonds is 5. The van der Waals surface area contributed by atoms with Gasteiger partial charge in [-0.25, -0.2) is 9.97 Å². The number of benzene rings is 1. The van der Waals surface area contributed by atoms with Gasteiger partial charge in [-0.15, -0.1) is 0 Å². The molecule has 2 heterocycles. The van der Waals surface area contributed by atoms with Gasteiger partial charge in [0.05, 0.1) is 23.9 Å². The molecule has 1 saturated heterocycles. The van der Waals surface area contributed by atoms with Crippen molar-refractivity contribution in [2.24, 2.45) is 0 Å². The van der Waals surface area contributed by atoms with E-state index in [0.29, 0.717) is 23.3 Å². The third-order valence-electron chi connectivity index (χ3n) is 4.20. The summed E-state index contributed by atoms with van der Waals surface area (Å²) in [5.41, 5.74) is 1.38. The number of carbonyl (C=O) groups excluding carboxylic acids is 1. The van der Waals surface area contributed by atoms with E-state index in [1.807, 2.05) is 42.3 Å². The molecule has 0 N–H and O–H groups in total. The van der Waals surface area contributed by atoms with Gasteiger partial charge < -0.3 is 9.64 Å². The monoisotopic (exact) mass is 377 g/mol. The second-order valence-corrected chi connectivity index (χ2v) is 6.89. The third-order valence-corrected chi connectivity index (χ3v) is 5.04. The van der Waals surface area contributed by atoms with Crippen molar-refractivity contribution in [3.05, 3.63) is 46.7 Å². The molecule has 1 aromatic carbocycles. The molecule has 0 radical (unpaired) electrons. The maximum Gasteiger partial charge on any atom is 0.274 e. The Morgan fingerprint density at radius 2 is 2.16 bits per heavy atom. The van der Waals surface area contributed by atoms with E-state index >= 15 is 0 Å². The summed E-state index contributed by atoms with van der Waals surface area (Å²) in [4.78, 5) is 23.3. The first-order valence-electron chi connectivity index (χ1n) is 8.24. The van der Waals surface area contributed by atoms with E-state index in [1.54, 1.807) is 0 Å². The SMILES string of the molecule is CCOc1ccc(C2CCCN2C(=O)c2nc(SC)ncc2Cl)cc1. The summed E-state index contributed by atoms with van der Waals surface area (Å²) in [6, 6.07) is 7.98. The first kappa shape index (κ1) is 18.0. The Labute approximate surface area is 156 Å². The van der Waals surface area contributed by atoms with Crippen molar-refractivity contribution in [2.45, 2.75) is 31.0 Å². The van der Waals surface area contributed by atoms with Crippen molar-refractivity contribution in [2.75, 3.05) is 19.4 Å². The molecule has 2 aromatic rings. The Balaban J connectivity index is 1.84. The number of amides is 1. The van der Waals surface area contributed by atoms with Crippen molar-refractivity contribution >= 4 is 29.3 Å². The van der Waals surface area contributed by atoms with E-state index in [0.717, 1.165) is 24.2 Å². The van der Waals surface area contributed by atoms with E-state index < -0.39 is 0 Å². The number of aromatic nitrogens is 2. The summed E-state index contributed by atoms with van der Waals surface area (Å²) < 4.78 is 5.49. The van der Waals surface area contributed by atoms with Gasteiger partial charge in [-0.3, -0.25) is 4.79 Å². The van der Waals surface area contributed by atoms with Gasteiger partial charge in [-0.2, -0.15) is 0 Å². The van der Waals surface area contributed by atoms with Crippen LogP contribution in [0.25, 0.3) is 0 Å². The maximum absolute atomic E-state index is 13.0. The van der Waals surface area contributed by atoms with E-state index in [4.69, 9.17) is 16.3 Å². The van der Waals surface area contributed by atoms with Crippen LogP contribution in [0.5, 0.6) is 5.75 Å². The van der Waals surface area contributed by atoms with Gasteiger partial charge in [0.2, 0.25) is 0 Å². The van der Waals surface area contributed by atoms with Crippen LogP contribution < -0.4 is 4.74 Å². The summed E-state index contributed by atoms with van der Waals surface area (Å²) >= 11 is 7.57. The Morgan fingerprint density at radius 3 is 2.84 bits per heavy atom. The molecule has 1 unspecified atom stereocenters. The van der Waals surface area contributed by atoms with Gasteiger partial charge in [0, 0.05) is 6.54 Å². The summed E-state index contributed by atoms with van der Waals surface area (Å²) in [7, 11) is 0. The fraction of sp³-hybridized carbons (Fsp3) is 0.389. The van der Waals surface area contributed by atoms with Crippen molar-refractivity contribution in [3.8, 4) is 5.75 Å². The molecule has 0 bridgehead atoms. The topological polar surface area (TPSA) is 55.3 Å². The first-order valence-corrected chi connectivity index (χ1v) is 9.84. The fourth-order valence-electron chi connectivity index (χ4n) is 3.04. The normalized spacial score (nSPS) is 16.9. The standard InChI is InChI=1S/C18H20ClN3O2S/c1-3-24-13-8-6-12(7-9-13)15-5-4-10-22(15)17(23)16-14(19)11-20-18(21-16)25-2/h6-9,11,15H,3-5,10H2,1-2H3. The van der Waals surface area contributed by atoms with Crippen molar-refractivity contribution < 1.29 is 9.53 Å². The summed E-state index contributed by atoms with van der Waals surface area (Å²) in [5, 5.41) is 0.838. The molecule has 0 saturated carbocycles. The molecule has 0 aliphatic carbocycles. The van der Waals surface area contributed by atoms with Gasteiger partial charge in [-0.05, 0) is 43.7 Å². The summed E-state index contributed by atoms with van der Waals surface area (Å²) in [6.45, 7) is 3.29. The maximum atomic E-state index is 13.0. The van der Waals surface area contributed by atoms with Crippen LogP contribution in [-0.2, 0) is 0 Å². The highest BCUT2D eigenvalue weighted by Crippen LogP contribution is 2.34. The highest BCUT2D eigenvalue weighted by molar-refractivity contribution is 7.98. The Kier molecular flexibility index (Phi) is 5.81. The number of carbonyl (C=O) groups is 1. The molecule has 1 aliphatic rings. The van der Waals surface area contributed by atoms with Crippen LogP contribution in [0.15, 0.2) is 35.6 Å². The van der Waals surface area contributed by atoms with E-state index in [-0.39, 0.29) is 17.6 Å². The van der Waals surface area contributed by atoms with Crippen LogP contribution in [0.1, 0.15) is 41.9 Å². The minimum absolute atomic E-state index is 0.0342. The van der Waals surface area contributed by atoms with Gasteiger partial charge >= 0.3 is 0 Å². The van der Waals surface area contributed by atoms with Crippen molar-refractivity contribution in [1.82, 2.24) is 14.9 Å². The largest absolute Gasteiger partial charge is 0.494 e. The van der Waals surface area contributed by atoms with E-state index in [9.17, 15) is 4.79 Å². The number of nitrogens with zero attached hydrogens (tertiary/aromatic N) is 3. The number of likely N-dealkylation sites (tertiary alicyclic amines) is 1. The predicted octanol–water partition coefficient (Wildman–Crippen LogP) is 4.23. The Hall–Kier alpha value is -1.79. The van der Waals surface area contributed by atoms with Crippen LogP contribution in [0.4, 0.5) is 0 Å². The van der Waals surface area contributed by atoms with Crippen LogP contribution >= 0.6 is 23.4 Å². The van der Waals surface area contributed by atoms with Crippen LogP contribution in [0, 0.1) is 0 Å². The molecule has 1 amide bonds. The first-order chi connectivity index (χ1) is 12.1. The molecule has 132 valence electrons. The highest BCUT2D eigenvalue weighted by atomic mass is 35.5. The molecule has 1 fully saturated rings. The Bertz CT molecular complexity index is 754. The predicted molar refractivity (Wildman–Crippen MR) is 99.4 cm³/mol. The molecule has 1 atom stereocenters. The molecular formula is C18H20ClN3O2S. The van der Waals surface area contributed by atoms with Crippen LogP contribution in [0.3, 0.4) is 0 Å². The second kappa shape index (κ2) is 8.06. The van der Waals surface area contributed by atoms with Crippen LogP contribution in [0.2, 0.25) is 5.02 Å². The average molecular weight is 378 g/mol. The third kappa shape index (κ3) is 3.90. The number of thioether (sulfide) groups is 1. The lowest BCUT2D eigenvalue weighted by Crippen LogP contribution is -2.31. The lowest BCUT2D eigenvalue weighted by Gasteiger charge is -2.25. The molecule has 3 rings (SSSR count). The second-order valence-electron chi connectivity index (χ2n) is 5.71. The molecule has 1 aliphatic heterocycles. The molecular weight excluding hydrogens is 358 g/mol. The van der Waals surface area contributed by atoms with E-state index in [2.05, 4.69) is 9.97 Å². The smallest absolute Gasteiger partial charge is 0.274 e. The highest BCUT2D eigenvalue weighted by Gasteiger charge is 2.32. The fourth-order valence-corrected chi connectivity index (χ4v) is 3.56. The zero-order valence-corrected chi connectivity index (χ0v) is 15.8. The molecule has 1 aromatic heterocycles. The Morgan fingerprint density at radius 1 is 1.40 bits per heavy atom. The van der Waals surface area contributed by atoms with Crippen molar-refractivity contribution in [3.63, 3.8) is 0 Å². The van der Waals surface area contributed by atoms with Gasteiger partial charge in [0.1, 0.15) is 5.75 Å². The minimum Gasteiger partial charge on any atom is -0.494 e. The molecule has 7 heteroatoms. The summed E-state index contributed by atoms with van der Waals surface area (Å²) in [5.74, 6) is 0.699. The zero-order valence-electron chi connectivity index (χ0n) is 14.2. The van der Waals surface area contributed by atoms with Gasteiger partial charge in [0.25, 0.3) is 5.91 Å². The van der Waals surface area contributed by atoms with Gasteiger partial charge in [-0.1, -0.05) is 35.5 Å². The van der Waals surface area contributed by atoms with Gasteiger partial charge in [0.15, 0.2) is 10.9 Å². The minimum atomic E-state index is -0.140.